The van der Waals surface area contributed by atoms with Crippen LogP contribution in [-0.4, -0.2) is 23.7 Å². The first-order valence-electron chi connectivity index (χ1n) is 10.8. The Labute approximate surface area is 193 Å². The van der Waals surface area contributed by atoms with Crippen LogP contribution in [0.2, 0.25) is 0 Å². The van der Waals surface area contributed by atoms with E-state index in [1.165, 1.54) is 5.01 Å². The molecule has 0 saturated carbocycles. The first-order valence-corrected chi connectivity index (χ1v) is 10.8. The number of nitrogens with zero attached hydrogens (tertiary/aromatic N) is 2. The largest absolute Gasteiger partial charge is 0.372 e. The first kappa shape index (κ1) is 22.2. The van der Waals surface area contributed by atoms with Crippen LogP contribution in [0.3, 0.4) is 0 Å². The van der Waals surface area contributed by atoms with E-state index in [0.29, 0.717) is 25.4 Å². The summed E-state index contributed by atoms with van der Waals surface area (Å²) in [5, 5.41) is 4.22. The lowest BCUT2D eigenvalue weighted by atomic mass is 10.1. The van der Waals surface area contributed by atoms with E-state index in [9.17, 15) is 9.59 Å². The minimum absolute atomic E-state index is 0.108. The minimum Gasteiger partial charge on any atom is -0.372 e. The molecule has 0 radical (unpaired) electrons. The number of carbonyl (C=O) groups excluding carboxylic acids is 2. The first-order chi connectivity index (χ1) is 16.1. The zero-order valence-electron chi connectivity index (χ0n) is 18.4. The Balaban J connectivity index is 1.29. The summed E-state index contributed by atoms with van der Waals surface area (Å²) in [5.74, 6) is -0.481. The van der Waals surface area contributed by atoms with E-state index in [1.807, 2.05) is 72.8 Å². The van der Waals surface area contributed by atoms with Crippen LogP contribution in [0.4, 0.5) is 5.69 Å². The van der Waals surface area contributed by atoms with Gasteiger partial charge in [0.1, 0.15) is 6.04 Å². The Bertz CT molecular complexity index is 1120. The number of hydrogen-bond donors (Lipinski definition) is 2. The highest BCUT2D eigenvalue weighted by atomic mass is 16.5. The van der Waals surface area contributed by atoms with Gasteiger partial charge in [-0.2, -0.15) is 0 Å². The highest BCUT2D eigenvalue weighted by molar-refractivity contribution is 6.39. The molecule has 0 spiro atoms. The lowest BCUT2D eigenvalue weighted by Crippen LogP contribution is -2.57. The topological polar surface area (TPSA) is 83.0 Å². The van der Waals surface area contributed by atoms with Crippen LogP contribution >= 0.6 is 0 Å². The number of benzene rings is 3. The Morgan fingerprint density at radius 1 is 0.909 bits per heavy atom. The molecule has 0 saturated heterocycles. The highest BCUT2D eigenvalue weighted by Gasteiger charge is 2.30. The molecule has 0 aromatic heterocycles. The highest BCUT2D eigenvalue weighted by Crippen LogP contribution is 2.16. The van der Waals surface area contributed by atoms with Crippen molar-refractivity contribution >= 4 is 23.3 Å². The number of carbonyl (C=O) groups is 2. The van der Waals surface area contributed by atoms with Crippen molar-refractivity contribution in [3.8, 4) is 0 Å². The number of rotatable bonds is 8. The summed E-state index contributed by atoms with van der Waals surface area (Å²) in [6.07, 6.45) is 0. The predicted molar refractivity (Wildman–Crippen MR) is 127 cm³/mol. The lowest BCUT2D eigenvalue weighted by Gasteiger charge is -2.30. The van der Waals surface area contributed by atoms with Crippen molar-refractivity contribution in [1.29, 1.82) is 0 Å². The second-order valence-electron chi connectivity index (χ2n) is 7.75. The normalized spacial score (nSPS) is 15.5. The fourth-order valence-electron chi connectivity index (χ4n) is 3.38. The monoisotopic (exact) mass is 442 g/mol. The number of anilines is 1. The van der Waals surface area contributed by atoms with Gasteiger partial charge in [-0.1, -0.05) is 72.8 Å². The van der Waals surface area contributed by atoms with Gasteiger partial charge >= 0.3 is 0 Å². The van der Waals surface area contributed by atoms with Crippen LogP contribution in [0.15, 0.2) is 89.9 Å². The Kier molecular flexibility index (Phi) is 7.12. The molecule has 3 aromatic rings. The fraction of sp³-hybridized carbons (Fsp3) is 0.192. The zero-order valence-corrected chi connectivity index (χ0v) is 18.4. The number of aliphatic imine (C=N–C) groups is 1. The van der Waals surface area contributed by atoms with Gasteiger partial charge in [-0.15, -0.1) is 0 Å². The van der Waals surface area contributed by atoms with Crippen molar-refractivity contribution in [3.05, 3.63) is 102 Å². The van der Waals surface area contributed by atoms with Crippen LogP contribution < -0.4 is 15.8 Å². The van der Waals surface area contributed by atoms with Gasteiger partial charge < -0.3 is 10.1 Å². The molecule has 1 heterocycles. The summed E-state index contributed by atoms with van der Waals surface area (Å²) in [7, 11) is 0. The number of ether oxygens (including phenoxy) is 1. The molecule has 0 bridgehead atoms. The van der Waals surface area contributed by atoms with Crippen LogP contribution in [-0.2, 0) is 34.1 Å². The molecular formula is C26H26N4O3. The number of nitrogens with one attached hydrogen (secondary N) is 2. The maximum atomic E-state index is 12.7. The third kappa shape index (κ3) is 5.84. The summed E-state index contributed by atoms with van der Waals surface area (Å²) >= 11 is 0. The molecule has 0 fully saturated rings. The molecule has 33 heavy (non-hydrogen) atoms. The molecule has 1 aliphatic heterocycles. The van der Waals surface area contributed by atoms with E-state index in [1.54, 1.807) is 19.1 Å². The van der Waals surface area contributed by atoms with Crippen molar-refractivity contribution in [1.82, 2.24) is 10.7 Å². The van der Waals surface area contributed by atoms with Gasteiger partial charge in [0.15, 0.2) is 0 Å². The van der Waals surface area contributed by atoms with Crippen molar-refractivity contribution < 1.29 is 14.3 Å². The molecule has 4 rings (SSSR count). The smallest absolute Gasteiger partial charge is 0.288 e. The second-order valence-corrected chi connectivity index (χ2v) is 7.75. The van der Waals surface area contributed by atoms with Gasteiger partial charge in [0.2, 0.25) is 5.84 Å². The lowest BCUT2D eigenvalue weighted by molar-refractivity contribution is -0.120. The molecule has 7 nitrogen and oxygen atoms in total. The SMILES string of the molecule is CC1N=C(C(=O)NCc2ccc(COCc3ccccc3)cc2)NN(c2ccccc2)C1=O. The number of para-hydroxylation sites is 1. The van der Waals surface area contributed by atoms with Crippen molar-refractivity contribution in [3.63, 3.8) is 0 Å². The standard InChI is InChI=1S/C26H26N4O3/c1-19-26(32)30(23-10-6-3-7-11-23)29-24(28-19)25(31)27-16-20-12-14-22(15-13-20)18-33-17-21-8-4-2-5-9-21/h2-15,19H,16-18H2,1H3,(H,27,31)(H,28,29). The minimum atomic E-state index is -0.651. The number of hydrazine groups is 1. The van der Waals surface area contributed by atoms with E-state index in [2.05, 4.69) is 15.7 Å². The van der Waals surface area contributed by atoms with E-state index < -0.39 is 6.04 Å². The summed E-state index contributed by atoms with van der Waals surface area (Å²) < 4.78 is 5.76. The van der Waals surface area contributed by atoms with Gasteiger partial charge in [0.25, 0.3) is 11.8 Å². The number of amidine groups is 1. The van der Waals surface area contributed by atoms with Crippen LogP contribution in [0.1, 0.15) is 23.6 Å². The van der Waals surface area contributed by atoms with E-state index in [-0.39, 0.29) is 17.6 Å². The van der Waals surface area contributed by atoms with Gasteiger partial charge in [-0.05, 0) is 35.7 Å². The molecule has 3 aromatic carbocycles. The van der Waals surface area contributed by atoms with Crippen molar-refractivity contribution in [2.45, 2.75) is 32.7 Å². The van der Waals surface area contributed by atoms with Gasteiger partial charge in [-0.25, -0.2) is 10.0 Å². The van der Waals surface area contributed by atoms with Crippen molar-refractivity contribution in [2.24, 2.45) is 4.99 Å². The molecule has 2 N–H and O–H groups in total. The Morgan fingerprint density at radius 3 is 2.15 bits per heavy atom. The number of hydrogen-bond acceptors (Lipinski definition) is 5. The Morgan fingerprint density at radius 2 is 1.48 bits per heavy atom. The van der Waals surface area contributed by atoms with Crippen molar-refractivity contribution in [2.75, 3.05) is 5.01 Å². The molecule has 1 aliphatic rings. The second kappa shape index (κ2) is 10.6. The van der Waals surface area contributed by atoms with E-state index in [4.69, 9.17) is 4.74 Å². The maximum absolute atomic E-state index is 12.7. The van der Waals surface area contributed by atoms with Gasteiger partial charge in [-0.3, -0.25) is 15.0 Å². The summed E-state index contributed by atoms with van der Waals surface area (Å²) in [6, 6.07) is 26.4. The van der Waals surface area contributed by atoms with Gasteiger partial charge in [0, 0.05) is 6.54 Å². The summed E-state index contributed by atoms with van der Waals surface area (Å²) in [4.78, 5) is 29.4. The van der Waals surface area contributed by atoms with Crippen LogP contribution in [0, 0.1) is 0 Å². The third-order valence-corrected chi connectivity index (χ3v) is 5.20. The van der Waals surface area contributed by atoms with Crippen LogP contribution in [0.25, 0.3) is 0 Å². The molecule has 7 heteroatoms. The van der Waals surface area contributed by atoms with Gasteiger partial charge in [0.05, 0.1) is 18.9 Å². The zero-order chi connectivity index (χ0) is 23.0. The average Bonchev–Trinajstić information content (AvgIpc) is 2.86. The third-order valence-electron chi connectivity index (χ3n) is 5.20. The molecule has 0 aliphatic carbocycles. The van der Waals surface area contributed by atoms with Crippen LogP contribution in [0.5, 0.6) is 0 Å². The quantitative estimate of drug-likeness (QED) is 0.560. The van der Waals surface area contributed by atoms with E-state index >= 15 is 0 Å². The molecule has 1 atom stereocenters. The molecule has 1 unspecified atom stereocenters. The molecule has 2 amide bonds. The van der Waals surface area contributed by atoms with E-state index in [0.717, 1.165) is 16.7 Å². The molecule has 168 valence electrons. The summed E-state index contributed by atoms with van der Waals surface area (Å²) in [6.45, 7) is 3.10. The summed E-state index contributed by atoms with van der Waals surface area (Å²) in [5.41, 5.74) is 6.64. The Hall–Kier alpha value is -3.97. The fourth-order valence-corrected chi connectivity index (χ4v) is 3.38. The predicted octanol–water partition coefficient (Wildman–Crippen LogP) is 3.36. The average molecular weight is 443 g/mol. The molecular weight excluding hydrogens is 416 g/mol. The number of amides is 2. The maximum Gasteiger partial charge on any atom is 0.288 e.